The molecule has 0 aromatic heterocycles. The maximum absolute atomic E-state index is 12.5. The first kappa shape index (κ1) is 14.5. The zero-order valence-electron chi connectivity index (χ0n) is 12.2. The number of fused-ring (bicyclic) bond motifs is 1. The standard InChI is InChI=1S/C15H20N2O3S/c1-12-9-16(21(19,20)11-12)10-15(18)17-8-4-6-13-5-2-3-7-14(13)17/h2-3,5,7,12H,4,6,8-11H2,1H3. The van der Waals surface area contributed by atoms with Gasteiger partial charge in [0.2, 0.25) is 15.9 Å². The van der Waals surface area contributed by atoms with Crippen LogP contribution in [-0.2, 0) is 21.2 Å². The summed E-state index contributed by atoms with van der Waals surface area (Å²) in [5, 5.41) is 0. The molecule has 1 unspecified atom stereocenters. The summed E-state index contributed by atoms with van der Waals surface area (Å²) in [6.45, 7) is 2.97. The topological polar surface area (TPSA) is 57.7 Å². The van der Waals surface area contributed by atoms with Crippen LogP contribution in [0.2, 0.25) is 0 Å². The van der Waals surface area contributed by atoms with Crippen LogP contribution >= 0.6 is 0 Å². The largest absolute Gasteiger partial charge is 0.311 e. The van der Waals surface area contributed by atoms with Gasteiger partial charge in [-0.05, 0) is 30.4 Å². The lowest BCUT2D eigenvalue weighted by Crippen LogP contribution is -2.43. The van der Waals surface area contributed by atoms with Gasteiger partial charge in [0.1, 0.15) is 0 Å². The minimum Gasteiger partial charge on any atom is -0.311 e. The van der Waals surface area contributed by atoms with Crippen LogP contribution in [0.4, 0.5) is 5.69 Å². The van der Waals surface area contributed by atoms with E-state index in [-0.39, 0.29) is 24.1 Å². The summed E-state index contributed by atoms with van der Waals surface area (Å²) in [6, 6.07) is 7.86. The molecule has 1 fully saturated rings. The third-order valence-corrected chi connectivity index (χ3v) is 6.18. The van der Waals surface area contributed by atoms with Crippen molar-refractivity contribution in [2.24, 2.45) is 5.92 Å². The van der Waals surface area contributed by atoms with Gasteiger partial charge in [0.15, 0.2) is 0 Å². The molecule has 6 heteroatoms. The molecule has 21 heavy (non-hydrogen) atoms. The Labute approximate surface area is 125 Å². The van der Waals surface area contributed by atoms with Crippen LogP contribution < -0.4 is 4.90 Å². The first-order valence-electron chi connectivity index (χ1n) is 7.33. The number of anilines is 1. The highest BCUT2D eigenvalue weighted by Crippen LogP contribution is 2.27. The molecule has 1 aromatic carbocycles. The summed E-state index contributed by atoms with van der Waals surface area (Å²) >= 11 is 0. The van der Waals surface area contributed by atoms with Gasteiger partial charge in [-0.2, -0.15) is 4.31 Å². The smallest absolute Gasteiger partial charge is 0.242 e. The predicted molar refractivity (Wildman–Crippen MR) is 81.6 cm³/mol. The number of aryl methyl sites for hydroxylation is 1. The van der Waals surface area contributed by atoms with Gasteiger partial charge in [0.05, 0.1) is 12.3 Å². The number of benzene rings is 1. The van der Waals surface area contributed by atoms with Crippen LogP contribution in [-0.4, -0.2) is 44.0 Å². The summed E-state index contributed by atoms with van der Waals surface area (Å²) in [5.41, 5.74) is 2.09. The molecule has 0 saturated carbocycles. The van der Waals surface area contributed by atoms with Crippen molar-refractivity contribution in [2.45, 2.75) is 19.8 Å². The van der Waals surface area contributed by atoms with Crippen LogP contribution in [0.5, 0.6) is 0 Å². The maximum atomic E-state index is 12.5. The highest BCUT2D eigenvalue weighted by Gasteiger charge is 2.36. The Hall–Kier alpha value is -1.40. The molecule has 1 atom stereocenters. The Morgan fingerprint density at radius 1 is 1.33 bits per heavy atom. The fourth-order valence-electron chi connectivity index (χ4n) is 3.17. The van der Waals surface area contributed by atoms with Crippen molar-refractivity contribution in [3.05, 3.63) is 29.8 Å². The van der Waals surface area contributed by atoms with E-state index in [1.165, 1.54) is 4.31 Å². The van der Waals surface area contributed by atoms with E-state index >= 15 is 0 Å². The van der Waals surface area contributed by atoms with E-state index in [0.717, 1.165) is 24.1 Å². The van der Waals surface area contributed by atoms with E-state index in [1.807, 2.05) is 31.2 Å². The number of carbonyl (C=O) groups is 1. The first-order valence-corrected chi connectivity index (χ1v) is 8.94. The molecular weight excluding hydrogens is 288 g/mol. The summed E-state index contributed by atoms with van der Waals surface area (Å²) < 4.78 is 25.3. The number of nitrogens with zero attached hydrogens (tertiary/aromatic N) is 2. The molecule has 0 radical (unpaired) electrons. The van der Waals surface area contributed by atoms with E-state index in [4.69, 9.17) is 0 Å². The predicted octanol–water partition coefficient (Wildman–Crippen LogP) is 1.25. The second-order valence-corrected chi connectivity index (χ2v) is 7.97. The molecule has 2 aliphatic heterocycles. The monoisotopic (exact) mass is 308 g/mol. The molecule has 2 heterocycles. The van der Waals surface area contributed by atoms with Crippen molar-refractivity contribution in [1.29, 1.82) is 0 Å². The van der Waals surface area contributed by atoms with Crippen LogP contribution in [0.3, 0.4) is 0 Å². The number of carbonyl (C=O) groups excluding carboxylic acids is 1. The quantitative estimate of drug-likeness (QED) is 0.826. The molecule has 0 N–H and O–H groups in total. The first-order chi connectivity index (χ1) is 9.97. The van der Waals surface area contributed by atoms with Crippen LogP contribution in [0, 0.1) is 5.92 Å². The highest BCUT2D eigenvalue weighted by atomic mass is 32.2. The van der Waals surface area contributed by atoms with E-state index in [1.54, 1.807) is 4.90 Å². The van der Waals surface area contributed by atoms with Gasteiger partial charge >= 0.3 is 0 Å². The van der Waals surface area contributed by atoms with E-state index in [9.17, 15) is 13.2 Å². The maximum Gasteiger partial charge on any atom is 0.242 e. The number of sulfonamides is 1. The molecule has 114 valence electrons. The summed E-state index contributed by atoms with van der Waals surface area (Å²) in [6.07, 6.45) is 1.89. The zero-order chi connectivity index (χ0) is 15.0. The SMILES string of the molecule is CC1CN(CC(=O)N2CCCc3ccccc32)S(=O)(=O)C1. The third-order valence-electron chi connectivity index (χ3n) is 4.13. The lowest BCUT2D eigenvalue weighted by atomic mass is 10.0. The van der Waals surface area contributed by atoms with E-state index in [2.05, 4.69) is 0 Å². The van der Waals surface area contributed by atoms with Gasteiger partial charge < -0.3 is 4.90 Å². The molecule has 1 saturated heterocycles. The average molecular weight is 308 g/mol. The van der Waals surface area contributed by atoms with Gasteiger partial charge in [-0.25, -0.2) is 8.42 Å². The molecule has 0 spiro atoms. The number of hydrogen-bond acceptors (Lipinski definition) is 3. The Kier molecular flexibility index (Phi) is 3.75. The van der Waals surface area contributed by atoms with Crippen molar-refractivity contribution in [3.63, 3.8) is 0 Å². The molecule has 3 rings (SSSR count). The van der Waals surface area contributed by atoms with Crippen molar-refractivity contribution in [1.82, 2.24) is 4.31 Å². The Balaban J connectivity index is 1.78. The second-order valence-electron chi connectivity index (χ2n) is 5.95. The Bertz CT molecular complexity index is 657. The van der Waals surface area contributed by atoms with Gasteiger partial charge in [-0.15, -0.1) is 0 Å². The number of para-hydroxylation sites is 1. The average Bonchev–Trinajstić information content (AvgIpc) is 2.70. The second kappa shape index (κ2) is 5.42. The van der Waals surface area contributed by atoms with Crippen LogP contribution in [0.25, 0.3) is 0 Å². The summed E-state index contributed by atoms with van der Waals surface area (Å²) in [5.74, 6) is 0.118. The van der Waals surface area contributed by atoms with E-state index in [0.29, 0.717) is 13.1 Å². The minimum atomic E-state index is -3.26. The van der Waals surface area contributed by atoms with Crippen molar-refractivity contribution >= 4 is 21.6 Å². The lowest BCUT2D eigenvalue weighted by molar-refractivity contribution is -0.118. The van der Waals surface area contributed by atoms with Gasteiger partial charge in [0, 0.05) is 18.8 Å². The zero-order valence-corrected chi connectivity index (χ0v) is 13.0. The molecular formula is C15H20N2O3S. The Morgan fingerprint density at radius 2 is 2.10 bits per heavy atom. The molecule has 1 amide bonds. The van der Waals surface area contributed by atoms with Crippen molar-refractivity contribution in [3.8, 4) is 0 Å². The summed E-state index contributed by atoms with van der Waals surface area (Å²) in [7, 11) is -3.26. The lowest BCUT2D eigenvalue weighted by Gasteiger charge is -2.30. The van der Waals surface area contributed by atoms with Gasteiger partial charge in [-0.1, -0.05) is 25.1 Å². The number of amides is 1. The van der Waals surface area contributed by atoms with Crippen LogP contribution in [0.1, 0.15) is 18.9 Å². The fraction of sp³-hybridized carbons (Fsp3) is 0.533. The van der Waals surface area contributed by atoms with Crippen LogP contribution in [0.15, 0.2) is 24.3 Å². The van der Waals surface area contributed by atoms with Crippen molar-refractivity contribution in [2.75, 3.05) is 30.3 Å². The minimum absolute atomic E-state index is 0.0407. The van der Waals surface area contributed by atoms with Crippen molar-refractivity contribution < 1.29 is 13.2 Å². The molecule has 5 nitrogen and oxygen atoms in total. The third kappa shape index (κ3) is 2.82. The van der Waals surface area contributed by atoms with E-state index < -0.39 is 10.0 Å². The fourth-order valence-corrected chi connectivity index (χ4v) is 4.99. The summed E-state index contributed by atoms with van der Waals surface area (Å²) in [4.78, 5) is 14.3. The molecule has 0 aliphatic carbocycles. The van der Waals surface area contributed by atoms with Gasteiger partial charge in [0.25, 0.3) is 0 Å². The number of hydrogen-bond donors (Lipinski definition) is 0. The molecule has 2 aliphatic rings. The Morgan fingerprint density at radius 3 is 2.81 bits per heavy atom. The molecule has 1 aromatic rings. The molecule has 0 bridgehead atoms. The highest BCUT2D eigenvalue weighted by molar-refractivity contribution is 7.89. The normalized spacial score (nSPS) is 24.8. The van der Waals surface area contributed by atoms with Gasteiger partial charge in [-0.3, -0.25) is 4.79 Å². The number of rotatable bonds is 2.